The number of esters is 4. The Morgan fingerprint density at radius 1 is 1.12 bits per heavy atom. The van der Waals surface area contributed by atoms with Crippen LogP contribution in [0, 0.1) is 11.8 Å². The number of hydrogen-bond acceptors (Lipinski definition) is 11. The molecule has 11 nitrogen and oxygen atoms in total. The van der Waals surface area contributed by atoms with Crippen molar-refractivity contribution in [2.45, 2.75) is 95.5 Å². The van der Waals surface area contributed by atoms with E-state index in [1.807, 2.05) is 26.0 Å². The number of carbonyl (C=O) groups excluding carboxylic acids is 4. The van der Waals surface area contributed by atoms with Crippen LogP contribution in [0.15, 0.2) is 24.0 Å². The molecule has 1 aromatic carbocycles. The minimum absolute atomic E-state index is 0.0370. The average molecular weight is 587 g/mol. The van der Waals surface area contributed by atoms with E-state index in [-0.39, 0.29) is 30.6 Å². The van der Waals surface area contributed by atoms with Crippen molar-refractivity contribution in [3.63, 3.8) is 0 Å². The van der Waals surface area contributed by atoms with Gasteiger partial charge in [-0.25, -0.2) is 9.59 Å². The van der Waals surface area contributed by atoms with Crippen molar-refractivity contribution in [3.05, 3.63) is 35.1 Å². The first kappa shape index (κ1) is 29.9. The van der Waals surface area contributed by atoms with Crippen LogP contribution >= 0.6 is 0 Å². The molecule has 1 spiro atoms. The SMILES string of the molecule is COc1ccc2c3c1O[C@H]1C(OC(=O)[C@H](C)OC(=O)C[C@H](OC(C)=O)C(=O)OCC(C)C)=CC[C@@]4(O)[C@H](CCC[C@]314)C2. The Balaban J connectivity index is 1.31. The molecule has 0 radical (unpaired) electrons. The number of benzene rings is 1. The third-order valence-corrected chi connectivity index (χ3v) is 8.81. The zero-order valence-electron chi connectivity index (χ0n) is 24.6. The van der Waals surface area contributed by atoms with Crippen molar-refractivity contribution in [1.82, 2.24) is 0 Å². The number of aliphatic hydroxyl groups is 1. The molecular formula is C31H38O11. The largest absolute Gasteiger partial charge is 0.493 e. The molecule has 1 N–H and O–H groups in total. The highest BCUT2D eigenvalue weighted by Gasteiger charge is 2.71. The normalized spacial score (nSPS) is 27.9. The van der Waals surface area contributed by atoms with Gasteiger partial charge >= 0.3 is 23.9 Å². The first-order chi connectivity index (χ1) is 19.9. The van der Waals surface area contributed by atoms with Gasteiger partial charge in [0.25, 0.3) is 0 Å². The molecular weight excluding hydrogens is 548 g/mol. The van der Waals surface area contributed by atoms with E-state index < -0.39 is 59.6 Å². The Bertz CT molecular complexity index is 1320. The molecule has 0 aromatic heterocycles. The van der Waals surface area contributed by atoms with Crippen molar-refractivity contribution >= 4 is 23.9 Å². The highest BCUT2D eigenvalue weighted by molar-refractivity contribution is 5.85. The Labute approximate surface area is 244 Å². The quantitative estimate of drug-likeness (QED) is 0.319. The van der Waals surface area contributed by atoms with Crippen molar-refractivity contribution in [3.8, 4) is 11.5 Å². The van der Waals surface area contributed by atoms with Gasteiger partial charge in [-0.15, -0.1) is 0 Å². The molecule has 5 rings (SSSR count). The highest BCUT2D eigenvalue weighted by Crippen LogP contribution is 2.67. The van der Waals surface area contributed by atoms with Crippen LogP contribution < -0.4 is 9.47 Å². The molecule has 1 heterocycles. The second kappa shape index (κ2) is 11.2. The van der Waals surface area contributed by atoms with Gasteiger partial charge < -0.3 is 33.5 Å². The van der Waals surface area contributed by atoms with E-state index in [0.29, 0.717) is 17.9 Å². The van der Waals surface area contributed by atoms with Gasteiger partial charge in [0.2, 0.25) is 6.10 Å². The maximum atomic E-state index is 13.2. The topological polar surface area (TPSA) is 144 Å². The van der Waals surface area contributed by atoms with Crippen LogP contribution in [-0.4, -0.2) is 66.6 Å². The van der Waals surface area contributed by atoms with Crippen LogP contribution in [0.1, 0.15) is 70.9 Å². The summed E-state index contributed by atoms with van der Waals surface area (Å²) in [6.07, 6.45) is 0.902. The van der Waals surface area contributed by atoms with Crippen molar-refractivity contribution in [2.75, 3.05) is 13.7 Å². The fourth-order valence-corrected chi connectivity index (χ4v) is 7.04. The van der Waals surface area contributed by atoms with Gasteiger partial charge in [-0.2, -0.15) is 0 Å². The van der Waals surface area contributed by atoms with Crippen LogP contribution in [0.25, 0.3) is 0 Å². The first-order valence-electron chi connectivity index (χ1n) is 14.5. The standard InChI is InChI=1S/C31H38O11/c1-16(2)15-38-29(35)23(40-18(4)32)14-24(33)39-17(3)28(34)41-22-10-12-31(36)20-7-6-11-30(31)25-19(13-20)8-9-21(37-5)26(25)42-27(22)30/h8-10,16-17,20,23,27,36H,6-7,11-15H2,1-5H3/t17-,20+,23-,27-,30-,31+/m0/s1. The van der Waals surface area contributed by atoms with Crippen LogP contribution in [0.4, 0.5) is 0 Å². The van der Waals surface area contributed by atoms with Gasteiger partial charge in [-0.3, -0.25) is 9.59 Å². The molecule has 1 aliphatic heterocycles. The first-order valence-corrected chi connectivity index (χ1v) is 14.5. The molecule has 1 fully saturated rings. The molecule has 0 unspecified atom stereocenters. The van der Waals surface area contributed by atoms with E-state index in [9.17, 15) is 24.3 Å². The Hall–Kier alpha value is -3.60. The molecule has 0 saturated heterocycles. The van der Waals surface area contributed by atoms with E-state index in [1.165, 1.54) is 6.92 Å². The van der Waals surface area contributed by atoms with Crippen LogP contribution in [0.3, 0.4) is 0 Å². The monoisotopic (exact) mass is 586 g/mol. The summed E-state index contributed by atoms with van der Waals surface area (Å²) >= 11 is 0. The van der Waals surface area contributed by atoms with Crippen molar-refractivity contribution in [2.24, 2.45) is 11.8 Å². The number of carbonyl (C=O) groups is 4. The lowest BCUT2D eigenvalue weighted by Crippen LogP contribution is -2.67. The lowest BCUT2D eigenvalue weighted by atomic mass is 9.47. The summed E-state index contributed by atoms with van der Waals surface area (Å²) in [6, 6.07) is 3.89. The maximum absolute atomic E-state index is 13.2. The van der Waals surface area contributed by atoms with E-state index in [0.717, 1.165) is 37.3 Å². The van der Waals surface area contributed by atoms with Crippen molar-refractivity contribution < 1.29 is 52.7 Å². The number of ether oxygens (including phenoxy) is 6. The summed E-state index contributed by atoms with van der Waals surface area (Å²) in [6.45, 7) is 6.21. The van der Waals surface area contributed by atoms with Gasteiger partial charge in [0.1, 0.15) is 5.76 Å². The summed E-state index contributed by atoms with van der Waals surface area (Å²) in [7, 11) is 1.56. The van der Waals surface area contributed by atoms with E-state index in [2.05, 4.69) is 0 Å². The molecule has 3 aliphatic carbocycles. The lowest BCUT2D eigenvalue weighted by Gasteiger charge is -2.59. The van der Waals surface area contributed by atoms with Crippen molar-refractivity contribution in [1.29, 1.82) is 0 Å². The molecule has 1 aromatic rings. The van der Waals surface area contributed by atoms with Gasteiger partial charge in [0, 0.05) is 12.5 Å². The minimum Gasteiger partial charge on any atom is -0.493 e. The average Bonchev–Trinajstić information content (AvgIpc) is 3.27. The fraction of sp³-hybridized carbons (Fsp3) is 0.613. The van der Waals surface area contributed by atoms with Gasteiger partial charge in [-0.1, -0.05) is 26.3 Å². The third kappa shape index (κ3) is 4.91. The summed E-state index contributed by atoms with van der Waals surface area (Å²) in [5.74, 6) is -2.02. The van der Waals surface area contributed by atoms with E-state index >= 15 is 0 Å². The molecule has 1 saturated carbocycles. The molecule has 0 amide bonds. The number of rotatable bonds is 10. The predicted molar refractivity (Wildman–Crippen MR) is 145 cm³/mol. The van der Waals surface area contributed by atoms with Gasteiger partial charge in [0.15, 0.2) is 23.7 Å². The summed E-state index contributed by atoms with van der Waals surface area (Å²) < 4.78 is 33.1. The van der Waals surface area contributed by atoms with Crippen LogP contribution in [-0.2, 0) is 50.0 Å². The second-order valence-corrected chi connectivity index (χ2v) is 12.0. The summed E-state index contributed by atoms with van der Waals surface area (Å²) in [5.41, 5.74) is 0.162. The van der Waals surface area contributed by atoms with E-state index in [4.69, 9.17) is 28.4 Å². The highest BCUT2D eigenvalue weighted by atomic mass is 16.6. The van der Waals surface area contributed by atoms with Crippen LogP contribution in [0.5, 0.6) is 11.5 Å². The Morgan fingerprint density at radius 2 is 1.88 bits per heavy atom. The zero-order chi connectivity index (χ0) is 30.4. The molecule has 11 heteroatoms. The van der Waals surface area contributed by atoms with E-state index in [1.54, 1.807) is 13.2 Å². The molecule has 6 atom stereocenters. The summed E-state index contributed by atoms with van der Waals surface area (Å²) in [5, 5.41) is 12.2. The zero-order valence-corrected chi connectivity index (χ0v) is 24.6. The second-order valence-electron chi connectivity index (χ2n) is 12.0. The predicted octanol–water partition coefficient (Wildman–Crippen LogP) is 3.06. The molecule has 4 aliphatic rings. The third-order valence-electron chi connectivity index (χ3n) is 8.81. The fourth-order valence-electron chi connectivity index (χ4n) is 7.04. The Kier molecular flexibility index (Phi) is 8.00. The van der Waals surface area contributed by atoms with Crippen LogP contribution in [0.2, 0.25) is 0 Å². The minimum atomic E-state index is -1.50. The lowest BCUT2D eigenvalue weighted by molar-refractivity contribution is -0.176. The molecule has 2 bridgehead atoms. The number of methoxy groups -OCH3 is 1. The molecule has 42 heavy (non-hydrogen) atoms. The van der Waals surface area contributed by atoms with Gasteiger partial charge in [-0.05, 0) is 62.1 Å². The van der Waals surface area contributed by atoms with Gasteiger partial charge in [0.05, 0.1) is 31.2 Å². The smallest absolute Gasteiger partial charge is 0.352 e. The maximum Gasteiger partial charge on any atom is 0.352 e. The number of hydrogen-bond donors (Lipinski definition) is 1. The Morgan fingerprint density at radius 3 is 2.57 bits per heavy atom. The molecule has 228 valence electrons. The summed E-state index contributed by atoms with van der Waals surface area (Å²) in [4.78, 5) is 49.7.